The summed E-state index contributed by atoms with van der Waals surface area (Å²) in [4.78, 5) is 20.5. The smallest absolute Gasteiger partial charge is 0.227 e. The molecule has 0 aliphatic rings. The number of nitrogens with one attached hydrogen (secondary N) is 1. The van der Waals surface area contributed by atoms with Gasteiger partial charge in [0.2, 0.25) is 17.6 Å². The standard InChI is InChI=1S/C18H17ClN4O2/c1-12(13-5-4-6-14(19)11-13)21-16(24)8-9-17-22-18(23-25-17)15-7-2-3-10-20-15/h2-7,10-12H,8-9H2,1H3,(H,21,24). The number of aromatic nitrogens is 3. The van der Waals surface area contributed by atoms with Crippen LogP contribution in [0.25, 0.3) is 11.5 Å². The Morgan fingerprint density at radius 3 is 2.92 bits per heavy atom. The van der Waals surface area contributed by atoms with Gasteiger partial charge in [-0.25, -0.2) is 0 Å². The van der Waals surface area contributed by atoms with Gasteiger partial charge in [0.05, 0.1) is 6.04 Å². The van der Waals surface area contributed by atoms with Gasteiger partial charge in [-0.2, -0.15) is 4.98 Å². The van der Waals surface area contributed by atoms with Crippen LogP contribution in [0.15, 0.2) is 53.2 Å². The van der Waals surface area contributed by atoms with Crippen LogP contribution in [0, 0.1) is 0 Å². The third-order valence-electron chi connectivity index (χ3n) is 3.65. The van der Waals surface area contributed by atoms with Crippen molar-refractivity contribution in [2.24, 2.45) is 0 Å². The van der Waals surface area contributed by atoms with Crippen molar-refractivity contribution >= 4 is 17.5 Å². The molecule has 2 heterocycles. The number of aryl methyl sites for hydroxylation is 1. The second kappa shape index (κ2) is 7.90. The zero-order valence-corrected chi connectivity index (χ0v) is 14.4. The maximum Gasteiger partial charge on any atom is 0.227 e. The van der Waals surface area contributed by atoms with Gasteiger partial charge in [0.1, 0.15) is 5.69 Å². The number of rotatable bonds is 6. The molecule has 1 atom stereocenters. The van der Waals surface area contributed by atoms with E-state index in [4.69, 9.17) is 16.1 Å². The van der Waals surface area contributed by atoms with Gasteiger partial charge in [-0.05, 0) is 36.8 Å². The Morgan fingerprint density at radius 2 is 2.16 bits per heavy atom. The van der Waals surface area contributed by atoms with E-state index in [1.165, 1.54) is 0 Å². The van der Waals surface area contributed by atoms with Crippen molar-refractivity contribution < 1.29 is 9.32 Å². The molecule has 25 heavy (non-hydrogen) atoms. The van der Waals surface area contributed by atoms with E-state index in [1.54, 1.807) is 18.3 Å². The molecule has 3 rings (SSSR count). The minimum Gasteiger partial charge on any atom is -0.350 e. The molecule has 3 aromatic rings. The predicted molar refractivity (Wildman–Crippen MR) is 93.9 cm³/mol. The first-order valence-corrected chi connectivity index (χ1v) is 8.28. The van der Waals surface area contributed by atoms with Crippen LogP contribution in [0.4, 0.5) is 0 Å². The third-order valence-corrected chi connectivity index (χ3v) is 3.89. The molecule has 0 radical (unpaired) electrons. The summed E-state index contributed by atoms with van der Waals surface area (Å²) in [5.74, 6) is 0.736. The molecule has 0 aliphatic carbocycles. The number of hydrogen-bond donors (Lipinski definition) is 1. The first-order valence-electron chi connectivity index (χ1n) is 7.90. The van der Waals surface area contributed by atoms with Gasteiger partial charge < -0.3 is 9.84 Å². The van der Waals surface area contributed by atoms with Crippen molar-refractivity contribution in [2.45, 2.75) is 25.8 Å². The second-order valence-electron chi connectivity index (χ2n) is 5.57. The average Bonchev–Trinajstić information content (AvgIpc) is 3.10. The largest absolute Gasteiger partial charge is 0.350 e. The zero-order chi connectivity index (χ0) is 17.6. The van der Waals surface area contributed by atoms with Crippen molar-refractivity contribution in [3.05, 3.63) is 65.1 Å². The highest BCUT2D eigenvalue weighted by atomic mass is 35.5. The lowest BCUT2D eigenvalue weighted by atomic mass is 10.1. The quantitative estimate of drug-likeness (QED) is 0.729. The van der Waals surface area contributed by atoms with Gasteiger partial charge in [-0.1, -0.05) is 35.0 Å². The van der Waals surface area contributed by atoms with Crippen LogP contribution in [-0.4, -0.2) is 21.0 Å². The molecule has 0 bridgehead atoms. The summed E-state index contributed by atoms with van der Waals surface area (Å²) in [7, 11) is 0. The maximum absolute atomic E-state index is 12.1. The normalized spacial score (nSPS) is 11.9. The van der Waals surface area contributed by atoms with E-state index in [0.29, 0.717) is 28.9 Å². The Morgan fingerprint density at radius 1 is 1.28 bits per heavy atom. The molecule has 2 aromatic heterocycles. The number of carbonyl (C=O) groups is 1. The fourth-order valence-corrected chi connectivity index (χ4v) is 2.55. The maximum atomic E-state index is 12.1. The van der Waals surface area contributed by atoms with Crippen LogP contribution in [0.5, 0.6) is 0 Å². The molecule has 0 fully saturated rings. The second-order valence-corrected chi connectivity index (χ2v) is 6.01. The number of pyridine rings is 1. The lowest BCUT2D eigenvalue weighted by molar-refractivity contribution is -0.121. The Bertz CT molecular complexity index is 851. The molecule has 7 heteroatoms. The summed E-state index contributed by atoms with van der Waals surface area (Å²) in [6.45, 7) is 1.91. The summed E-state index contributed by atoms with van der Waals surface area (Å²) in [6.07, 6.45) is 2.29. The average molecular weight is 357 g/mol. The first kappa shape index (κ1) is 17.1. The van der Waals surface area contributed by atoms with E-state index in [-0.39, 0.29) is 18.4 Å². The van der Waals surface area contributed by atoms with Gasteiger partial charge in [0.25, 0.3) is 0 Å². The van der Waals surface area contributed by atoms with E-state index in [2.05, 4.69) is 20.4 Å². The van der Waals surface area contributed by atoms with Crippen LogP contribution in [0.2, 0.25) is 5.02 Å². The van der Waals surface area contributed by atoms with Crippen LogP contribution in [0.1, 0.15) is 30.8 Å². The van der Waals surface area contributed by atoms with Gasteiger partial charge >= 0.3 is 0 Å². The molecule has 128 valence electrons. The lowest BCUT2D eigenvalue weighted by Crippen LogP contribution is -2.26. The Labute approximate surface area is 150 Å². The number of benzene rings is 1. The zero-order valence-electron chi connectivity index (χ0n) is 13.6. The molecular weight excluding hydrogens is 340 g/mol. The molecule has 6 nitrogen and oxygen atoms in total. The van der Waals surface area contributed by atoms with E-state index >= 15 is 0 Å². The summed E-state index contributed by atoms with van der Waals surface area (Å²) in [5.41, 5.74) is 1.59. The van der Waals surface area contributed by atoms with Crippen molar-refractivity contribution in [3.8, 4) is 11.5 Å². The third kappa shape index (κ3) is 4.64. The highest BCUT2D eigenvalue weighted by Gasteiger charge is 2.13. The topological polar surface area (TPSA) is 80.9 Å². The van der Waals surface area contributed by atoms with Crippen molar-refractivity contribution in [1.82, 2.24) is 20.4 Å². The van der Waals surface area contributed by atoms with Crippen LogP contribution in [0.3, 0.4) is 0 Å². The Balaban J connectivity index is 1.53. The number of hydrogen-bond acceptors (Lipinski definition) is 5. The Kier molecular flexibility index (Phi) is 5.40. The SMILES string of the molecule is CC(NC(=O)CCc1nc(-c2ccccn2)no1)c1cccc(Cl)c1. The summed E-state index contributed by atoms with van der Waals surface area (Å²) >= 11 is 5.97. The van der Waals surface area contributed by atoms with E-state index in [1.807, 2.05) is 37.3 Å². The molecule has 1 amide bonds. The van der Waals surface area contributed by atoms with Gasteiger partial charge in [-0.15, -0.1) is 0 Å². The minimum atomic E-state index is -0.127. The summed E-state index contributed by atoms with van der Waals surface area (Å²) in [6, 6.07) is 12.8. The number of carbonyl (C=O) groups excluding carboxylic acids is 1. The van der Waals surface area contributed by atoms with Crippen molar-refractivity contribution in [1.29, 1.82) is 0 Å². The van der Waals surface area contributed by atoms with Gasteiger partial charge in [0.15, 0.2) is 0 Å². The summed E-state index contributed by atoms with van der Waals surface area (Å²) in [5, 5.41) is 7.46. The number of amides is 1. The molecule has 1 unspecified atom stereocenters. The molecular formula is C18H17ClN4O2. The molecule has 0 saturated carbocycles. The molecule has 0 aliphatic heterocycles. The van der Waals surface area contributed by atoms with Crippen molar-refractivity contribution in [3.63, 3.8) is 0 Å². The number of nitrogens with zero attached hydrogens (tertiary/aromatic N) is 3. The highest BCUT2D eigenvalue weighted by Crippen LogP contribution is 2.18. The monoisotopic (exact) mass is 356 g/mol. The highest BCUT2D eigenvalue weighted by molar-refractivity contribution is 6.30. The van der Waals surface area contributed by atoms with Crippen LogP contribution in [-0.2, 0) is 11.2 Å². The Hall–Kier alpha value is -2.73. The van der Waals surface area contributed by atoms with E-state index in [9.17, 15) is 4.79 Å². The molecule has 0 saturated heterocycles. The van der Waals surface area contributed by atoms with Crippen LogP contribution < -0.4 is 5.32 Å². The van der Waals surface area contributed by atoms with Crippen LogP contribution >= 0.6 is 11.6 Å². The minimum absolute atomic E-state index is 0.0925. The fraction of sp³-hybridized carbons (Fsp3) is 0.222. The molecule has 0 spiro atoms. The number of halogens is 1. The summed E-state index contributed by atoms with van der Waals surface area (Å²) < 4.78 is 5.18. The molecule has 1 aromatic carbocycles. The van der Waals surface area contributed by atoms with Crippen molar-refractivity contribution in [2.75, 3.05) is 0 Å². The predicted octanol–water partition coefficient (Wildman–Crippen LogP) is 3.60. The first-order chi connectivity index (χ1) is 12.1. The van der Waals surface area contributed by atoms with E-state index < -0.39 is 0 Å². The molecule has 1 N–H and O–H groups in total. The van der Waals surface area contributed by atoms with Gasteiger partial charge in [0, 0.05) is 24.1 Å². The van der Waals surface area contributed by atoms with Gasteiger partial charge in [-0.3, -0.25) is 9.78 Å². The van der Waals surface area contributed by atoms with E-state index in [0.717, 1.165) is 5.56 Å². The lowest BCUT2D eigenvalue weighted by Gasteiger charge is -2.14. The fourth-order valence-electron chi connectivity index (χ4n) is 2.35.